The van der Waals surface area contributed by atoms with Gasteiger partial charge in [-0.1, -0.05) is 32.9 Å². The molecular weight excluding hydrogens is 484 g/mol. The lowest BCUT2D eigenvalue weighted by Gasteiger charge is -2.25. The normalized spacial score (nSPS) is 16.6. The van der Waals surface area contributed by atoms with Crippen LogP contribution in [0.4, 0.5) is 5.69 Å². The largest absolute Gasteiger partial charge is 0.507 e. The van der Waals surface area contributed by atoms with Crippen LogP contribution in [0.15, 0.2) is 78.5 Å². The van der Waals surface area contributed by atoms with Gasteiger partial charge in [-0.3, -0.25) is 19.5 Å². The Kier molecular flexibility index (Phi) is 8.21. The van der Waals surface area contributed by atoms with E-state index in [4.69, 9.17) is 9.47 Å². The number of ether oxygens (including phenoxy) is 2. The van der Waals surface area contributed by atoms with Crippen LogP contribution < -0.4 is 9.64 Å². The molecule has 1 N–H and O–H groups in total. The molecular formula is C30H30N2O6. The molecule has 1 atom stereocenters. The first kappa shape index (κ1) is 26.6. The highest BCUT2D eigenvalue weighted by atomic mass is 16.5. The lowest BCUT2D eigenvalue weighted by molar-refractivity contribution is -0.132. The predicted molar refractivity (Wildman–Crippen MR) is 143 cm³/mol. The third kappa shape index (κ3) is 5.59. The third-order valence-electron chi connectivity index (χ3n) is 5.92. The Morgan fingerprint density at radius 3 is 2.45 bits per heavy atom. The molecule has 1 fully saturated rings. The van der Waals surface area contributed by atoms with E-state index in [1.807, 2.05) is 20.8 Å². The van der Waals surface area contributed by atoms with Gasteiger partial charge in [-0.15, -0.1) is 0 Å². The first-order chi connectivity index (χ1) is 18.3. The zero-order valence-corrected chi connectivity index (χ0v) is 21.6. The van der Waals surface area contributed by atoms with Crippen LogP contribution in [0.3, 0.4) is 0 Å². The number of hydrogen-bond donors (Lipinski definition) is 1. The van der Waals surface area contributed by atoms with E-state index in [1.54, 1.807) is 66.9 Å². The number of pyridine rings is 1. The molecule has 196 valence electrons. The molecule has 3 aromatic rings. The van der Waals surface area contributed by atoms with E-state index in [0.29, 0.717) is 41.6 Å². The third-order valence-corrected chi connectivity index (χ3v) is 5.92. The number of carbonyl (C=O) groups excluding carboxylic acids is 3. The van der Waals surface area contributed by atoms with Gasteiger partial charge in [0.1, 0.15) is 17.6 Å². The van der Waals surface area contributed by atoms with Crippen molar-refractivity contribution in [1.29, 1.82) is 0 Å². The highest BCUT2D eigenvalue weighted by Gasteiger charge is 2.47. The molecule has 1 saturated heterocycles. The summed E-state index contributed by atoms with van der Waals surface area (Å²) < 4.78 is 10.9. The number of aliphatic hydroxyl groups is 1. The van der Waals surface area contributed by atoms with Crippen molar-refractivity contribution >= 4 is 29.1 Å². The van der Waals surface area contributed by atoms with Crippen LogP contribution in [0.25, 0.3) is 5.76 Å². The van der Waals surface area contributed by atoms with E-state index < -0.39 is 23.7 Å². The van der Waals surface area contributed by atoms with Gasteiger partial charge in [0.2, 0.25) is 0 Å². The molecule has 1 amide bonds. The van der Waals surface area contributed by atoms with Gasteiger partial charge < -0.3 is 14.6 Å². The standard InChI is InChI=1S/C30H30N2O6/c1-4-16-37-30(36)21-8-7-9-22(17-21)32-26(24-10-5-6-15-31-24)25(28(34)29(32)35)27(33)20-11-13-23(14-12-20)38-18-19(2)3/h5-15,17,19,26,33H,4,16,18H2,1-3H3/b27-25+. The molecule has 2 heterocycles. The fourth-order valence-electron chi connectivity index (χ4n) is 4.10. The van der Waals surface area contributed by atoms with Crippen LogP contribution in [-0.4, -0.2) is 41.0 Å². The van der Waals surface area contributed by atoms with Crippen molar-refractivity contribution in [2.75, 3.05) is 18.1 Å². The van der Waals surface area contributed by atoms with Gasteiger partial charge in [0, 0.05) is 17.4 Å². The van der Waals surface area contributed by atoms with Crippen molar-refractivity contribution in [3.05, 3.63) is 95.3 Å². The van der Waals surface area contributed by atoms with Crippen LogP contribution >= 0.6 is 0 Å². The lowest BCUT2D eigenvalue weighted by atomic mass is 9.98. The zero-order valence-electron chi connectivity index (χ0n) is 21.6. The van der Waals surface area contributed by atoms with Gasteiger partial charge >= 0.3 is 5.97 Å². The van der Waals surface area contributed by atoms with E-state index in [-0.39, 0.29) is 23.5 Å². The summed E-state index contributed by atoms with van der Waals surface area (Å²) in [5, 5.41) is 11.3. The van der Waals surface area contributed by atoms with Crippen molar-refractivity contribution < 1.29 is 29.0 Å². The first-order valence-corrected chi connectivity index (χ1v) is 12.5. The smallest absolute Gasteiger partial charge is 0.338 e. The Bertz CT molecular complexity index is 1350. The molecule has 1 unspecified atom stereocenters. The van der Waals surface area contributed by atoms with Crippen LogP contribution in [0.2, 0.25) is 0 Å². The fourth-order valence-corrected chi connectivity index (χ4v) is 4.10. The number of nitrogens with zero attached hydrogens (tertiary/aromatic N) is 2. The number of esters is 1. The molecule has 1 aliphatic rings. The number of hydrogen-bond acceptors (Lipinski definition) is 7. The minimum Gasteiger partial charge on any atom is -0.507 e. The number of Topliss-reactive ketones (excluding diaryl/α,β-unsaturated/α-hetero) is 1. The SMILES string of the molecule is CCCOC(=O)c1cccc(N2C(=O)C(=O)/C(=C(/O)c3ccc(OCC(C)C)cc3)C2c2ccccn2)c1. The molecule has 4 rings (SSSR count). The maximum absolute atomic E-state index is 13.4. The Hall–Kier alpha value is -4.46. The van der Waals surface area contributed by atoms with Gasteiger partial charge in [0.15, 0.2) is 0 Å². The van der Waals surface area contributed by atoms with Crippen LogP contribution in [0.5, 0.6) is 5.75 Å². The van der Waals surface area contributed by atoms with Gasteiger partial charge in [0.05, 0.1) is 30.0 Å². The second-order valence-corrected chi connectivity index (χ2v) is 9.34. The zero-order chi connectivity index (χ0) is 27.2. The maximum atomic E-state index is 13.4. The maximum Gasteiger partial charge on any atom is 0.338 e. The molecule has 38 heavy (non-hydrogen) atoms. The summed E-state index contributed by atoms with van der Waals surface area (Å²) in [4.78, 5) is 44.8. The summed E-state index contributed by atoms with van der Waals surface area (Å²) in [6.07, 6.45) is 2.22. The molecule has 0 bridgehead atoms. The molecule has 1 aliphatic heterocycles. The van der Waals surface area contributed by atoms with Gasteiger partial charge in [0.25, 0.3) is 11.7 Å². The number of aliphatic hydroxyl groups excluding tert-OH is 1. The summed E-state index contributed by atoms with van der Waals surface area (Å²) >= 11 is 0. The van der Waals surface area contributed by atoms with Gasteiger partial charge in [-0.25, -0.2) is 4.79 Å². The van der Waals surface area contributed by atoms with Crippen molar-refractivity contribution in [2.24, 2.45) is 5.92 Å². The van der Waals surface area contributed by atoms with E-state index in [0.717, 1.165) is 0 Å². The number of anilines is 1. The highest BCUT2D eigenvalue weighted by Crippen LogP contribution is 2.41. The number of rotatable bonds is 9. The second kappa shape index (κ2) is 11.7. The lowest BCUT2D eigenvalue weighted by Crippen LogP contribution is -2.30. The average Bonchev–Trinajstić information content (AvgIpc) is 3.21. The summed E-state index contributed by atoms with van der Waals surface area (Å²) in [6, 6.07) is 17.1. The van der Waals surface area contributed by atoms with E-state index in [9.17, 15) is 19.5 Å². The summed E-state index contributed by atoms with van der Waals surface area (Å²) in [5.41, 5.74) is 1.21. The molecule has 0 spiro atoms. The van der Waals surface area contributed by atoms with Crippen molar-refractivity contribution in [1.82, 2.24) is 4.98 Å². The predicted octanol–water partition coefficient (Wildman–Crippen LogP) is 5.31. The number of carbonyl (C=O) groups is 3. The van der Waals surface area contributed by atoms with E-state index in [2.05, 4.69) is 4.98 Å². The highest BCUT2D eigenvalue weighted by molar-refractivity contribution is 6.51. The summed E-state index contributed by atoms with van der Waals surface area (Å²) in [7, 11) is 0. The average molecular weight is 515 g/mol. The summed E-state index contributed by atoms with van der Waals surface area (Å²) in [6.45, 7) is 6.79. The van der Waals surface area contributed by atoms with Crippen molar-refractivity contribution in [3.8, 4) is 5.75 Å². The van der Waals surface area contributed by atoms with Crippen LogP contribution in [-0.2, 0) is 14.3 Å². The second-order valence-electron chi connectivity index (χ2n) is 9.34. The molecule has 2 aromatic carbocycles. The van der Waals surface area contributed by atoms with Gasteiger partial charge in [-0.05, 0) is 66.9 Å². The monoisotopic (exact) mass is 514 g/mol. The van der Waals surface area contributed by atoms with E-state index >= 15 is 0 Å². The quantitative estimate of drug-likeness (QED) is 0.179. The molecule has 0 saturated carbocycles. The topological polar surface area (TPSA) is 106 Å². The molecule has 0 aliphatic carbocycles. The Balaban J connectivity index is 1.78. The fraction of sp³-hybridized carbons (Fsp3) is 0.267. The molecule has 8 heteroatoms. The van der Waals surface area contributed by atoms with Crippen molar-refractivity contribution in [2.45, 2.75) is 33.2 Å². The summed E-state index contributed by atoms with van der Waals surface area (Å²) in [5.74, 6) is -1.56. The molecule has 8 nitrogen and oxygen atoms in total. The minimum absolute atomic E-state index is 0.0940. The van der Waals surface area contributed by atoms with Gasteiger partial charge in [-0.2, -0.15) is 0 Å². The van der Waals surface area contributed by atoms with Crippen LogP contribution in [0, 0.1) is 5.92 Å². The number of aromatic nitrogens is 1. The molecule has 0 radical (unpaired) electrons. The van der Waals surface area contributed by atoms with Crippen LogP contribution in [0.1, 0.15) is 54.8 Å². The number of amides is 1. The number of benzene rings is 2. The number of ketones is 1. The first-order valence-electron chi connectivity index (χ1n) is 12.5. The van der Waals surface area contributed by atoms with Crippen molar-refractivity contribution in [3.63, 3.8) is 0 Å². The minimum atomic E-state index is -1.00. The Morgan fingerprint density at radius 1 is 1.03 bits per heavy atom. The van der Waals surface area contributed by atoms with E-state index in [1.165, 1.54) is 11.0 Å². The Labute approximate surface area is 221 Å². The molecule has 1 aromatic heterocycles. The Morgan fingerprint density at radius 2 is 1.79 bits per heavy atom.